The van der Waals surface area contributed by atoms with E-state index < -0.39 is 27.0 Å². The minimum atomic E-state index is -4.25. The zero-order valence-corrected chi connectivity index (χ0v) is 8.19. The van der Waals surface area contributed by atoms with Crippen LogP contribution in [0.1, 0.15) is 12.0 Å². The lowest BCUT2D eigenvalue weighted by atomic mass is 10.3. The summed E-state index contributed by atoms with van der Waals surface area (Å²) in [5, 5.41) is 3.75. The van der Waals surface area contributed by atoms with Crippen molar-refractivity contribution < 1.29 is 17.2 Å². The minimum absolute atomic E-state index is 0.0762. The zero-order chi connectivity index (χ0) is 10.9. The van der Waals surface area contributed by atoms with Crippen molar-refractivity contribution >= 4 is 21.6 Å². The van der Waals surface area contributed by atoms with Crippen molar-refractivity contribution in [1.82, 2.24) is 4.98 Å². The zero-order valence-electron chi connectivity index (χ0n) is 6.62. The summed E-state index contributed by atoms with van der Waals surface area (Å²) in [5.74, 6) is 0. The molecule has 0 aromatic carbocycles. The van der Waals surface area contributed by atoms with Crippen LogP contribution in [0.5, 0.6) is 0 Å². The average molecular weight is 243 g/mol. The smallest absolute Gasteiger partial charge is 0.241 e. The molecule has 78 valence electrons. The van der Waals surface area contributed by atoms with Gasteiger partial charge in [-0.2, -0.15) is 0 Å². The number of primary sulfonamides is 1. The van der Waals surface area contributed by atoms with Gasteiger partial charge in [-0.05, 0) is 6.07 Å². The van der Waals surface area contributed by atoms with Gasteiger partial charge in [-0.25, -0.2) is 27.3 Å². The molecule has 8 heteroatoms. The van der Waals surface area contributed by atoms with Crippen molar-refractivity contribution in [3.63, 3.8) is 0 Å². The third kappa shape index (κ3) is 2.37. The molecule has 0 atom stereocenters. The largest absolute Gasteiger partial charge is 0.266 e. The maximum atomic E-state index is 12.3. The fourth-order valence-corrected chi connectivity index (χ4v) is 1.68. The highest BCUT2D eigenvalue weighted by Crippen LogP contribution is 2.26. The Kier molecular flexibility index (Phi) is 3.03. The molecule has 0 saturated carbocycles. The summed E-state index contributed by atoms with van der Waals surface area (Å²) in [7, 11) is -4.25. The predicted molar refractivity (Wildman–Crippen MR) is 45.6 cm³/mol. The number of hydrogen-bond donors (Lipinski definition) is 1. The van der Waals surface area contributed by atoms with Crippen LogP contribution in [0.15, 0.2) is 17.3 Å². The van der Waals surface area contributed by atoms with Crippen molar-refractivity contribution in [2.75, 3.05) is 0 Å². The van der Waals surface area contributed by atoms with Crippen LogP contribution in [-0.2, 0) is 10.0 Å². The van der Waals surface area contributed by atoms with Crippen molar-refractivity contribution in [2.24, 2.45) is 5.14 Å². The molecule has 0 spiro atoms. The highest BCUT2D eigenvalue weighted by atomic mass is 35.5. The Morgan fingerprint density at radius 3 is 2.50 bits per heavy atom. The number of halogens is 3. The molecule has 0 fully saturated rings. The minimum Gasteiger partial charge on any atom is -0.241 e. The van der Waals surface area contributed by atoms with Crippen LogP contribution in [-0.4, -0.2) is 13.4 Å². The molecule has 0 unspecified atom stereocenters. The summed E-state index contributed by atoms with van der Waals surface area (Å²) < 4.78 is 46.3. The van der Waals surface area contributed by atoms with E-state index >= 15 is 0 Å². The number of nitrogens with two attached hydrogens (primary N) is 1. The number of sulfonamides is 1. The van der Waals surface area contributed by atoms with E-state index in [1.54, 1.807) is 0 Å². The van der Waals surface area contributed by atoms with Crippen LogP contribution in [0.3, 0.4) is 0 Å². The monoisotopic (exact) mass is 242 g/mol. The van der Waals surface area contributed by atoms with Gasteiger partial charge in [0, 0.05) is 6.20 Å². The Labute approximate surface area is 83.8 Å². The van der Waals surface area contributed by atoms with E-state index in [4.69, 9.17) is 11.6 Å². The molecule has 14 heavy (non-hydrogen) atoms. The third-order valence-electron chi connectivity index (χ3n) is 1.35. The van der Waals surface area contributed by atoms with E-state index in [1.165, 1.54) is 0 Å². The lowest BCUT2D eigenvalue weighted by Gasteiger charge is -2.05. The van der Waals surface area contributed by atoms with Crippen molar-refractivity contribution in [3.05, 3.63) is 22.8 Å². The maximum Gasteiger partial charge on any atom is 0.266 e. The molecule has 2 N–H and O–H groups in total. The Hall–Kier alpha value is -0.790. The predicted octanol–water partition coefficient (Wildman–Crippen LogP) is 1.32. The number of hydrogen-bond acceptors (Lipinski definition) is 3. The van der Waals surface area contributed by atoms with E-state index in [9.17, 15) is 17.2 Å². The summed E-state index contributed by atoms with van der Waals surface area (Å²) in [6.07, 6.45) is -2.05. The normalized spacial score (nSPS) is 12.1. The molecule has 0 aliphatic rings. The molecule has 1 aromatic rings. The van der Waals surface area contributed by atoms with Gasteiger partial charge in [-0.1, -0.05) is 11.6 Å². The molecule has 1 heterocycles. The van der Waals surface area contributed by atoms with E-state index in [-0.39, 0.29) is 5.02 Å². The highest BCUT2D eigenvalue weighted by molar-refractivity contribution is 7.89. The highest BCUT2D eigenvalue weighted by Gasteiger charge is 2.22. The molecule has 1 rings (SSSR count). The van der Waals surface area contributed by atoms with E-state index in [1.807, 2.05) is 0 Å². The van der Waals surface area contributed by atoms with Crippen molar-refractivity contribution in [1.29, 1.82) is 0 Å². The number of pyridine rings is 1. The van der Waals surface area contributed by atoms with Gasteiger partial charge in [0.15, 0.2) is 5.03 Å². The average Bonchev–Trinajstić information content (AvgIpc) is 2.01. The first-order valence-electron chi connectivity index (χ1n) is 3.29. The van der Waals surface area contributed by atoms with Gasteiger partial charge >= 0.3 is 0 Å². The molecule has 0 radical (unpaired) electrons. The molecule has 0 aliphatic heterocycles. The van der Waals surface area contributed by atoms with Crippen molar-refractivity contribution in [2.45, 2.75) is 11.5 Å². The van der Waals surface area contributed by atoms with Crippen LogP contribution >= 0.6 is 11.6 Å². The molecular formula is C6H5ClF2N2O2S. The number of aromatic nitrogens is 1. The number of nitrogens with zero attached hydrogens (tertiary/aromatic N) is 1. The second kappa shape index (κ2) is 3.76. The standard InChI is InChI=1S/C6H5ClF2N2O2S/c7-3-1-4(5(8)9)6(11-2-3)14(10,12)13/h1-2,5H,(H2,10,12,13). The Balaban J connectivity index is 3.45. The lowest BCUT2D eigenvalue weighted by Crippen LogP contribution is -2.16. The first-order chi connectivity index (χ1) is 6.32. The first kappa shape index (κ1) is 11.3. The summed E-state index contributed by atoms with van der Waals surface area (Å²) >= 11 is 5.38. The van der Waals surface area contributed by atoms with Gasteiger partial charge in [0.05, 0.1) is 10.6 Å². The summed E-state index contributed by atoms with van der Waals surface area (Å²) in [6.45, 7) is 0. The lowest BCUT2D eigenvalue weighted by molar-refractivity contribution is 0.147. The number of rotatable bonds is 2. The summed E-state index contributed by atoms with van der Waals surface area (Å²) in [5.41, 5.74) is -0.792. The SMILES string of the molecule is NS(=O)(=O)c1ncc(Cl)cc1C(F)F. The molecular weight excluding hydrogens is 238 g/mol. The molecule has 4 nitrogen and oxygen atoms in total. The molecule has 0 saturated heterocycles. The van der Waals surface area contributed by atoms with Gasteiger partial charge in [0.1, 0.15) is 0 Å². The molecule has 0 bridgehead atoms. The molecule has 0 aliphatic carbocycles. The van der Waals surface area contributed by atoms with Gasteiger partial charge in [-0.15, -0.1) is 0 Å². The van der Waals surface area contributed by atoms with Crippen LogP contribution in [0.25, 0.3) is 0 Å². The Bertz CT molecular complexity index is 449. The Morgan fingerprint density at radius 2 is 2.07 bits per heavy atom. The van der Waals surface area contributed by atoms with Crippen LogP contribution < -0.4 is 5.14 Å². The van der Waals surface area contributed by atoms with Crippen molar-refractivity contribution in [3.8, 4) is 0 Å². The maximum absolute atomic E-state index is 12.3. The topological polar surface area (TPSA) is 73.1 Å². The first-order valence-corrected chi connectivity index (χ1v) is 5.21. The second-order valence-corrected chi connectivity index (χ2v) is 4.31. The van der Waals surface area contributed by atoms with Crippen LogP contribution in [0, 0.1) is 0 Å². The number of alkyl halides is 2. The quantitative estimate of drug-likeness (QED) is 0.850. The molecule has 1 aromatic heterocycles. The van der Waals surface area contributed by atoms with Gasteiger partial charge in [0.25, 0.3) is 16.4 Å². The van der Waals surface area contributed by atoms with Crippen LogP contribution in [0.4, 0.5) is 8.78 Å². The molecule has 0 amide bonds. The van der Waals surface area contributed by atoms with Gasteiger partial charge in [-0.3, -0.25) is 0 Å². The fraction of sp³-hybridized carbons (Fsp3) is 0.167. The van der Waals surface area contributed by atoms with E-state index in [2.05, 4.69) is 10.1 Å². The van der Waals surface area contributed by atoms with Gasteiger partial charge in [0.2, 0.25) is 0 Å². The van der Waals surface area contributed by atoms with Crippen LogP contribution in [0.2, 0.25) is 5.02 Å². The summed E-state index contributed by atoms with van der Waals surface area (Å²) in [6, 6.07) is 0.818. The fourth-order valence-electron chi connectivity index (χ4n) is 0.836. The van der Waals surface area contributed by atoms with E-state index in [0.29, 0.717) is 0 Å². The second-order valence-electron chi connectivity index (χ2n) is 2.39. The summed E-state index contributed by atoms with van der Waals surface area (Å²) in [4.78, 5) is 3.25. The van der Waals surface area contributed by atoms with Gasteiger partial charge < -0.3 is 0 Å². The third-order valence-corrected chi connectivity index (χ3v) is 2.44. The Morgan fingerprint density at radius 1 is 1.50 bits per heavy atom. The van der Waals surface area contributed by atoms with E-state index in [0.717, 1.165) is 12.3 Å².